The number of aromatic amines is 2. The minimum absolute atomic E-state index is 0.698. The van der Waals surface area contributed by atoms with Crippen molar-refractivity contribution in [3.8, 4) is 11.5 Å². The Balaban J connectivity index is 1.59. The fraction of sp³-hybridized carbons (Fsp3) is 0. The lowest BCUT2D eigenvalue weighted by atomic mass is 10.2. The zero-order valence-electron chi connectivity index (χ0n) is 13.1. The number of anilines is 2. The van der Waals surface area contributed by atoms with Gasteiger partial charge in [0.2, 0.25) is 0 Å². The van der Waals surface area contributed by atoms with E-state index in [1.54, 1.807) is 12.5 Å². The van der Waals surface area contributed by atoms with Gasteiger partial charge in [0, 0.05) is 11.6 Å². The zero-order chi connectivity index (χ0) is 16.6. The van der Waals surface area contributed by atoms with Crippen molar-refractivity contribution >= 4 is 33.4 Å². The summed E-state index contributed by atoms with van der Waals surface area (Å²) in [6, 6.07) is 15.8. The number of rotatable bonds is 3. The summed E-state index contributed by atoms with van der Waals surface area (Å²) in [4.78, 5) is 16.6. The van der Waals surface area contributed by atoms with E-state index in [1.807, 2.05) is 48.5 Å². The molecule has 0 aliphatic heterocycles. The summed E-state index contributed by atoms with van der Waals surface area (Å²) in [6.45, 7) is 0. The summed E-state index contributed by atoms with van der Waals surface area (Å²) < 4.78 is 0. The fourth-order valence-electron chi connectivity index (χ4n) is 2.86. The van der Waals surface area contributed by atoms with Crippen LogP contribution >= 0.6 is 0 Å². The van der Waals surface area contributed by atoms with Crippen LogP contribution in [0.3, 0.4) is 0 Å². The molecule has 0 saturated heterocycles. The van der Waals surface area contributed by atoms with Crippen LogP contribution in [0, 0.1) is 0 Å². The van der Waals surface area contributed by atoms with Crippen LogP contribution in [-0.2, 0) is 0 Å². The van der Waals surface area contributed by atoms with Crippen molar-refractivity contribution in [3.05, 3.63) is 61.1 Å². The van der Waals surface area contributed by atoms with E-state index in [9.17, 15) is 0 Å². The lowest BCUT2D eigenvalue weighted by Gasteiger charge is -2.07. The minimum atomic E-state index is 0.698. The molecule has 0 aliphatic rings. The van der Waals surface area contributed by atoms with Crippen LogP contribution in [0.1, 0.15) is 0 Å². The highest BCUT2D eigenvalue weighted by Gasteiger charge is 2.14. The Morgan fingerprint density at radius 2 is 1.72 bits per heavy atom. The standard InChI is InChI=1S/C18H13N7/c1-2-6-12-11(5-1)17(20-10-19-12)24-15-9-21-25-16(15)18-22-13-7-3-4-8-14(13)23-18/h1-10H,(H,21,25)(H,22,23)(H,19,20,24). The Kier molecular flexibility index (Phi) is 2.96. The summed E-state index contributed by atoms with van der Waals surface area (Å²) in [5, 5.41) is 11.5. The van der Waals surface area contributed by atoms with Gasteiger partial charge >= 0.3 is 0 Å². The SMILES string of the molecule is c1ccc2[nH]c(-c3n[nH]cc3Nc3ncnc4ccccc34)nc2c1. The molecule has 0 aliphatic carbocycles. The van der Waals surface area contributed by atoms with Gasteiger partial charge in [-0.05, 0) is 24.3 Å². The Labute approximate surface area is 142 Å². The number of hydrogen-bond acceptors (Lipinski definition) is 5. The summed E-state index contributed by atoms with van der Waals surface area (Å²) in [6.07, 6.45) is 3.34. The number of H-pyrrole nitrogens is 2. The normalized spacial score (nSPS) is 11.2. The molecule has 5 aromatic rings. The van der Waals surface area contributed by atoms with Gasteiger partial charge in [-0.3, -0.25) is 5.10 Å². The maximum absolute atomic E-state index is 4.61. The molecule has 3 N–H and O–H groups in total. The van der Waals surface area contributed by atoms with Gasteiger partial charge in [-0.15, -0.1) is 0 Å². The van der Waals surface area contributed by atoms with E-state index in [0.29, 0.717) is 11.5 Å². The predicted molar refractivity (Wildman–Crippen MR) is 96.5 cm³/mol. The average Bonchev–Trinajstić information content (AvgIpc) is 3.28. The highest BCUT2D eigenvalue weighted by Crippen LogP contribution is 2.29. The fourth-order valence-corrected chi connectivity index (χ4v) is 2.86. The molecule has 0 unspecified atom stereocenters. The van der Waals surface area contributed by atoms with E-state index in [4.69, 9.17) is 0 Å². The molecule has 25 heavy (non-hydrogen) atoms. The van der Waals surface area contributed by atoms with Crippen LogP contribution in [0.5, 0.6) is 0 Å². The summed E-state index contributed by atoms with van der Waals surface area (Å²) in [5.74, 6) is 1.42. The Hall–Kier alpha value is -3.74. The molecule has 3 heterocycles. The number of nitrogens with one attached hydrogen (secondary N) is 3. The van der Waals surface area contributed by atoms with Crippen molar-refractivity contribution < 1.29 is 0 Å². The zero-order valence-corrected chi connectivity index (χ0v) is 13.1. The second kappa shape index (κ2) is 5.41. The van der Waals surface area contributed by atoms with Gasteiger partial charge in [0.1, 0.15) is 12.1 Å². The van der Waals surface area contributed by atoms with Gasteiger partial charge < -0.3 is 10.3 Å². The topological polar surface area (TPSA) is 95.2 Å². The van der Waals surface area contributed by atoms with Gasteiger partial charge in [-0.25, -0.2) is 15.0 Å². The first-order valence-corrected chi connectivity index (χ1v) is 7.84. The van der Waals surface area contributed by atoms with E-state index >= 15 is 0 Å². The molecule has 0 bridgehead atoms. The molecule has 3 aromatic heterocycles. The van der Waals surface area contributed by atoms with E-state index in [-0.39, 0.29) is 0 Å². The molecule has 7 heteroatoms. The van der Waals surface area contributed by atoms with Crippen LogP contribution in [-0.4, -0.2) is 30.1 Å². The second-order valence-corrected chi connectivity index (χ2v) is 5.61. The molecular weight excluding hydrogens is 314 g/mol. The van der Waals surface area contributed by atoms with Gasteiger partial charge in [0.25, 0.3) is 0 Å². The van der Waals surface area contributed by atoms with Crippen LogP contribution < -0.4 is 5.32 Å². The predicted octanol–water partition coefficient (Wildman–Crippen LogP) is 3.64. The summed E-state index contributed by atoms with van der Waals surface area (Å²) in [7, 11) is 0. The number of nitrogens with zero attached hydrogens (tertiary/aromatic N) is 4. The van der Waals surface area contributed by atoms with Crippen molar-refractivity contribution in [2.45, 2.75) is 0 Å². The maximum Gasteiger partial charge on any atom is 0.161 e. The Morgan fingerprint density at radius 3 is 2.64 bits per heavy atom. The second-order valence-electron chi connectivity index (χ2n) is 5.61. The van der Waals surface area contributed by atoms with Crippen LogP contribution in [0.2, 0.25) is 0 Å². The molecular formula is C18H13N7. The molecule has 0 fully saturated rings. The maximum atomic E-state index is 4.61. The van der Waals surface area contributed by atoms with Crippen molar-refractivity contribution in [3.63, 3.8) is 0 Å². The first-order valence-electron chi connectivity index (χ1n) is 7.84. The molecule has 0 amide bonds. The number of aromatic nitrogens is 6. The third kappa shape index (κ3) is 2.29. The van der Waals surface area contributed by atoms with Crippen molar-refractivity contribution in [1.82, 2.24) is 30.1 Å². The molecule has 0 saturated carbocycles. The van der Waals surface area contributed by atoms with Crippen LogP contribution in [0.15, 0.2) is 61.1 Å². The Bertz CT molecular complexity index is 1150. The molecule has 0 atom stereocenters. The number of benzene rings is 2. The van der Waals surface area contributed by atoms with E-state index in [0.717, 1.165) is 33.4 Å². The molecule has 5 rings (SSSR count). The van der Waals surface area contributed by atoms with Gasteiger partial charge in [0.05, 0.1) is 22.2 Å². The molecule has 0 radical (unpaired) electrons. The first-order chi connectivity index (χ1) is 12.4. The third-order valence-electron chi connectivity index (χ3n) is 4.05. The van der Waals surface area contributed by atoms with Gasteiger partial charge in [-0.1, -0.05) is 24.3 Å². The molecule has 2 aromatic carbocycles. The van der Waals surface area contributed by atoms with Crippen LogP contribution in [0.4, 0.5) is 11.5 Å². The van der Waals surface area contributed by atoms with E-state index in [2.05, 4.69) is 35.5 Å². The summed E-state index contributed by atoms with van der Waals surface area (Å²) in [5.41, 5.74) is 4.26. The van der Waals surface area contributed by atoms with E-state index < -0.39 is 0 Å². The number of hydrogen-bond donors (Lipinski definition) is 3. The largest absolute Gasteiger partial charge is 0.337 e. The highest BCUT2D eigenvalue weighted by atomic mass is 15.2. The smallest absolute Gasteiger partial charge is 0.161 e. The molecule has 0 spiro atoms. The first kappa shape index (κ1) is 13.7. The third-order valence-corrected chi connectivity index (χ3v) is 4.05. The minimum Gasteiger partial charge on any atom is -0.337 e. The number of fused-ring (bicyclic) bond motifs is 2. The number of imidazole rings is 1. The monoisotopic (exact) mass is 327 g/mol. The van der Waals surface area contributed by atoms with Crippen molar-refractivity contribution in [1.29, 1.82) is 0 Å². The van der Waals surface area contributed by atoms with Gasteiger partial charge in [0.15, 0.2) is 11.5 Å². The Morgan fingerprint density at radius 1 is 0.880 bits per heavy atom. The lowest BCUT2D eigenvalue weighted by Crippen LogP contribution is -1.97. The van der Waals surface area contributed by atoms with Crippen molar-refractivity contribution in [2.75, 3.05) is 5.32 Å². The van der Waals surface area contributed by atoms with Gasteiger partial charge in [-0.2, -0.15) is 5.10 Å². The van der Waals surface area contributed by atoms with Crippen LogP contribution in [0.25, 0.3) is 33.5 Å². The van der Waals surface area contributed by atoms with Crippen molar-refractivity contribution in [2.24, 2.45) is 0 Å². The quantitative estimate of drug-likeness (QED) is 0.470. The summed E-state index contributed by atoms with van der Waals surface area (Å²) >= 11 is 0. The highest BCUT2D eigenvalue weighted by molar-refractivity contribution is 5.92. The molecule has 120 valence electrons. The number of para-hydroxylation sites is 3. The van der Waals surface area contributed by atoms with E-state index in [1.165, 1.54) is 0 Å². The molecule has 7 nitrogen and oxygen atoms in total. The average molecular weight is 327 g/mol. The lowest BCUT2D eigenvalue weighted by molar-refractivity contribution is 1.08.